The van der Waals surface area contributed by atoms with Crippen LogP contribution in [0, 0.1) is 5.41 Å². The van der Waals surface area contributed by atoms with Crippen molar-refractivity contribution in [2.24, 2.45) is 5.41 Å². The van der Waals surface area contributed by atoms with E-state index in [1.165, 1.54) is 0 Å². The summed E-state index contributed by atoms with van der Waals surface area (Å²) in [6.45, 7) is 10.9. The molecule has 1 aromatic carbocycles. The van der Waals surface area contributed by atoms with Gasteiger partial charge in [0.1, 0.15) is 12.2 Å². The minimum atomic E-state index is -0.680. The molecule has 3 aromatic rings. The summed E-state index contributed by atoms with van der Waals surface area (Å²) in [5, 5.41) is 8.41. The third kappa shape index (κ3) is 7.43. The maximum absolute atomic E-state index is 12.9. The Bertz CT molecular complexity index is 1320. The fourth-order valence-corrected chi connectivity index (χ4v) is 4.26. The molecule has 0 amide bonds. The topological polar surface area (TPSA) is 122 Å². The van der Waals surface area contributed by atoms with Crippen molar-refractivity contribution in [1.29, 1.82) is 0 Å². The lowest BCUT2D eigenvalue weighted by Gasteiger charge is -2.22. The molecule has 0 saturated heterocycles. The number of carbonyl (C=O) groups excluding carboxylic acids is 3. The molecule has 0 bridgehead atoms. The molecule has 1 atom stereocenters. The summed E-state index contributed by atoms with van der Waals surface area (Å²) in [6.07, 6.45) is 1.66. The summed E-state index contributed by atoms with van der Waals surface area (Å²) in [4.78, 5) is 38.5. The first kappa shape index (κ1) is 28.3. The van der Waals surface area contributed by atoms with E-state index in [0.29, 0.717) is 17.1 Å². The minimum Gasteiger partial charge on any atom is -0.461 e. The van der Waals surface area contributed by atoms with E-state index in [2.05, 4.69) is 10.3 Å². The third-order valence-corrected chi connectivity index (χ3v) is 6.26. The molecule has 4 rings (SSSR count). The molecule has 0 aliphatic heterocycles. The zero-order valence-corrected chi connectivity index (χ0v) is 23.4. The maximum Gasteiger partial charge on any atom is 0.307 e. The number of nitrogens with zero attached hydrogens (tertiary/aromatic N) is 2. The molecule has 0 unspecified atom stereocenters. The van der Waals surface area contributed by atoms with Crippen LogP contribution in [0.5, 0.6) is 0 Å². The van der Waals surface area contributed by atoms with Gasteiger partial charge in [-0.3, -0.25) is 14.4 Å². The highest BCUT2D eigenvalue weighted by Gasteiger charge is 2.39. The van der Waals surface area contributed by atoms with Crippen molar-refractivity contribution in [2.45, 2.75) is 91.3 Å². The molecule has 9 heteroatoms. The fraction of sp³-hybridized carbons (Fsp3) is 0.500. The van der Waals surface area contributed by atoms with Crippen molar-refractivity contribution in [1.82, 2.24) is 10.3 Å². The zero-order valence-electron chi connectivity index (χ0n) is 23.4. The van der Waals surface area contributed by atoms with Gasteiger partial charge in [0, 0.05) is 23.0 Å². The van der Waals surface area contributed by atoms with E-state index in [1.54, 1.807) is 47.6 Å². The average Bonchev–Trinajstić information content (AvgIpc) is 3.40. The van der Waals surface area contributed by atoms with Crippen LogP contribution < -0.4 is 0 Å². The van der Waals surface area contributed by atoms with Crippen LogP contribution in [0.3, 0.4) is 0 Å². The lowest BCUT2D eigenvalue weighted by Crippen LogP contribution is -2.26. The highest BCUT2D eigenvalue weighted by molar-refractivity contribution is 5.98. The lowest BCUT2D eigenvalue weighted by atomic mass is 9.89. The molecule has 0 N–H and O–H groups in total. The average molecular weight is 537 g/mol. The number of rotatable bonds is 10. The van der Waals surface area contributed by atoms with Crippen LogP contribution in [0.25, 0.3) is 11.5 Å². The van der Waals surface area contributed by atoms with Gasteiger partial charge in [-0.15, -0.1) is 0 Å². The van der Waals surface area contributed by atoms with Crippen LogP contribution >= 0.6 is 0 Å². The molecule has 0 radical (unpaired) electrons. The van der Waals surface area contributed by atoms with E-state index in [0.717, 1.165) is 24.0 Å². The molecule has 1 fully saturated rings. The Hall–Kier alpha value is -3.75. The summed E-state index contributed by atoms with van der Waals surface area (Å²) in [5.74, 6) is -1.06. The van der Waals surface area contributed by atoms with E-state index < -0.39 is 28.9 Å². The number of esters is 2. The van der Waals surface area contributed by atoms with Crippen LogP contribution in [0.2, 0.25) is 0 Å². The quantitative estimate of drug-likeness (QED) is 0.214. The molecule has 39 heavy (non-hydrogen) atoms. The Labute approximate surface area is 228 Å². The second kappa shape index (κ2) is 11.2. The monoisotopic (exact) mass is 536 g/mol. The van der Waals surface area contributed by atoms with Crippen molar-refractivity contribution in [3.63, 3.8) is 0 Å². The molecule has 2 heterocycles. The largest absolute Gasteiger partial charge is 0.461 e. The Morgan fingerprint density at radius 3 is 2.23 bits per heavy atom. The first-order chi connectivity index (χ1) is 18.3. The van der Waals surface area contributed by atoms with Crippen LogP contribution in [0.4, 0.5) is 0 Å². The maximum atomic E-state index is 12.9. The molecular formula is C30H36N2O7. The second-order valence-corrected chi connectivity index (χ2v) is 12.1. The normalized spacial score (nSPS) is 14.6. The minimum absolute atomic E-state index is 0.0734. The third-order valence-electron chi connectivity index (χ3n) is 6.26. The summed E-state index contributed by atoms with van der Waals surface area (Å²) in [5.41, 5.74) is 1.18. The van der Waals surface area contributed by atoms with Gasteiger partial charge in [-0.1, -0.05) is 61.4 Å². The predicted octanol–water partition coefficient (Wildman–Crippen LogP) is 6.38. The van der Waals surface area contributed by atoms with Crippen LogP contribution in [0.1, 0.15) is 106 Å². The molecular weight excluding hydrogens is 500 g/mol. The number of ketones is 1. The van der Waals surface area contributed by atoms with Gasteiger partial charge in [-0.2, -0.15) is 0 Å². The van der Waals surface area contributed by atoms with E-state index >= 15 is 0 Å². The van der Waals surface area contributed by atoms with E-state index in [-0.39, 0.29) is 36.9 Å². The predicted molar refractivity (Wildman–Crippen MR) is 142 cm³/mol. The molecule has 1 aliphatic carbocycles. The van der Waals surface area contributed by atoms with Crippen molar-refractivity contribution in [3.8, 4) is 11.5 Å². The second-order valence-electron chi connectivity index (χ2n) is 12.1. The molecule has 1 aliphatic rings. The first-order valence-electron chi connectivity index (χ1n) is 13.2. The molecule has 9 nitrogen and oxygen atoms in total. The summed E-state index contributed by atoms with van der Waals surface area (Å²) >= 11 is 0. The highest BCUT2D eigenvalue weighted by atomic mass is 16.6. The number of carbonyl (C=O) groups is 3. The van der Waals surface area contributed by atoms with Crippen molar-refractivity contribution in [3.05, 3.63) is 59.0 Å². The van der Waals surface area contributed by atoms with Gasteiger partial charge in [0.05, 0.1) is 18.5 Å². The Morgan fingerprint density at radius 2 is 1.62 bits per heavy atom. The Kier molecular flexibility index (Phi) is 8.09. The molecule has 1 saturated carbocycles. The van der Waals surface area contributed by atoms with Crippen LogP contribution in [0.15, 0.2) is 45.4 Å². The number of ether oxygens (including phenoxy) is 2. The molecule has 2 aromatic heterocycles. The standard InChI is InChI=1S/C30H36N2O7/c1-29(2,3)28(35)22-16-21(31-38-22)27-25(19-12-13-19)26(32-39-27)20(15-24(34)37-30(4,5)6)14-23(33)36-17-18-10-8-7-9-11-18/h7-11,16,19-20H,12-15,17H2,1-6H3/t20-/m1/s1. The van der Waals surface area contributed by atoms with E-state index in [9.17, 15) is 14.4 Å². The van der Waals surface area contributed by atoms with Crippen molar-refractivity contribution in [2.75, 3.05) is 0 Å². The van der Waals surface area contributed by atoms with Gasteiger partial charge in [-0.05, 0) is 45.1 Å². The van der Waals surface area contributed by atoms with Crippen molar-refractivity contribution >= 4 is 17.7 Å². The fourth-order valence-electron chi connectivity index (χ4n) is 4.26. The summed E-state index contributed by atoms with van der Waals surface area (Å²) in [7, 11) is 0. The van der Waals surface area contributed by atoms with Gasteiger partial charge in [0.15, 0.2) is 11.5 Å². The summed E-state index contributed by atoms with van der Waals surface area (Å²) in [6, 6.07) is 10.9. The van der Waals surface area contributed by atoms with Gasteiger partial charge < -0.3 is 18.5 Å². The first-order valence-corrected chi connectivity index (χ1v) is 13.2. The van der Waals surface area contributed by atoms with Crippen LogP contribution in [-0.2, 0) is 25.7 Å². The highest BCUT2D eigenvalue weighted by Crippen LogP contribution is 2.48. The lowest BCUT2D eigenvalue weighted by molar-refractivity contribution is -0.155. The van der Waals surface area contributed by atoms with E-state index in [1.807, 2.05) is 30.3 Å². The van der Waals surface area contributed by atoms with Crippen LogP contribution in [-0.4, -0.2) is 33.6 Å². The Balaban J connectivity index is 1.62. The SMILES string of the molecule is CC(C)(C)OC(=O)C[C@@H](CC(=O)OCc1ccccc1)c1noc(-c2cc(C(=O)C(C)(C)C)on2)c1C1CC1. The smallest absolute Gasteiger partial charge is 0.307 e. The number of Topliss-reactive ketones (excluding diaryl/α,β-unsaturated/α-hetero) is 1. The Morgan fingerprint density at radius 1 is 0.949 bits per heavy atom. The van der Waals surface area contributed by atoms with Gasteiger partial charge in [0.2, 0.25) is 11.5 Å². The number of hydrogen-bond acceptors (Lipinski definition) is 9. The molecule has 0 spiro atoms. The van der Waals surface area contributed by atoms with Crippen molar-refractivity contribution < 1.29 is 32.9 Å². The number of hydrogen-bond donors (Lipinski definition) is 0. The van der Waals surface area contributed by atoms with Gasteiger partial charge in [0.25, 0.3) is 0 Å². The van der Waals surface area contributed by atoms with Gasteiger partial charge in [-0.25, -0.2) is 0 Å². The zero-order chi connectivity index (χ0) is 28.4. The molecule has 208 valence electrons. The van der Waals surface area contributed by atoms with E-state index in [4.69, 9.17) is 18.5 Å². The number of benzene rings is 1. The summed E-state index contributed by atoms with van der Waals surface area (Å²) < 4.78 is 22.2. The number of aromatic nitrogens is 2. The van der Waals surface area contributed by atoms with Gasteiger partial charge >= 0.3 is 11.9 Å².